The number of benzene rings is 7. The average Bonchev–Trinajstić information content (AvgIpc) is 3.73. The van der Waals surface area contributed by atoms with Gasteiger partial charge in [-0.15, -0.1) is 0 Å². The van der Waals surface area contributed by atoms with Gasteiger partial charge in [0, 0.05) is 59.2 Å². The van der Waals surface area contributed by atoms with Gasteiger partial charge in [0.25, 0.3) is 0 Å². The number of hydrogen-bond donors (Lipinski definition) is 0. The predicted molar refractivity (Wildman–Crippen MR) is 218 cm³/mol. The maximum atomic E-state index is 14.4. The number of aromatic nitrogens is 1. The number of hydrogen-bond acceptors (Lipinski definition) is 3. The highest BCUT2D eigenvalue weighted by atomic mass is 32.2. The molecule has 2 aromatic heterocycles. The lowest BCUT2D eigenvalue weighted by Crippen LogP contribution is -2.30. The first-order valence-electron chi connectivity index (χ1n) is 18.3. The lowest BCUT2D eigenvalue weighted by molar-refractivity contribution is 0.103. The van der Waals surface area contributed by atoms with Gasteiger partial charge in [0.2, 0.25) is 0 Å². The van der Waals surface area contributed by atoms with Crippen molar-refractivity contribution in [1.29, 1.82) is 0 Å². The lowest BCUT2D eigenvalue weighted by Gasteiger charge is -2.35. The first-order valence-corrected chi connectivity index (χ1v) is 19.1. The second-order valence-corrected chi connectivity index (χ2v) is 16.7. The Morgan fingerprint density at radius 3 is 2.17 bits per heavy atom. The van der Waals surface area contributed by atoms with Gasteiger partial charge in [-0.25, -0.2) is 0 Å². The molecule has 254 valence electrons. The summed E-state index contributed by atoms with van der Waals surface area (Å²) in [6, 6.07) is 49.2. The van der Waals surface area contributed by atoms with Crippen LogP contribution in [-0.4, -0.2) is 10.4 Å². The highest BCUT2D eigenvalue weighted by Gasteiger charge is 2.40. The summed E-state index contributed by atoms with van der Waals surface area (Å²) in [5.41, 5.74) is 12.8. The van der Waals surface area contributed by atoms with Crippen LogP contribution in [0.3, 0.4) is 0 Å². The number of ketones is 1. The van der Waals surface area contributed by atoms with E-state index in [1.54, 1.807) is 0 Å². The summed E-state index contributed by atoms with van der Waals surface area (Å²) < 4.78 is 9.37. The molecule has 0 fully saturated rings. The molecule has 1 aliphatic carbocycles. The van der Waals surface area contributed by atoms with Crippen LogP contribution in [-0.2, 0) is 10.8 Å². The summed E-state index contributed by atoms with van der Waals surface area (Å²) in [4.78, 5) is 16.9. The molecule has 3 nitrogen and oxygen atoms in total. The van der Waals surface area contributed by atoms with Gasteiger partial charge in [0.15, 0.2) is 5.78 Å². The molecule has 0 saturated heterocycles. The minimum absolute atomic E-state index is 0.0791. The molecule has 2 aliphatic rings. The number of furan rings is 1. The SMILES string of the molecule is CC1(C)c2ccc(-c3ccccc3)cc2C(=O)c2ccc(-n3c4ccccc4c4c5c(c6oc7ccccc7c6c43)C(C)(C)c3ccccc3S5)cc21. The first-order chi connectivity index (χ1) is 25.7. The summed E-state index contributed by atoms with van der Waals surface area (Å²) in [7, 11) is 0. The molecule has 0 N–H and O–H groups in total. The Labute approximate surface area is 311 Å². The van der Waals surface area contributed by atoms with Crippen LogP contribution in [0, 0.1) is 0 Å². The summed E-state index contributed by atoms with van der Waals surface area (Å²) in [6.07, 6.45) is 0. The van der Waals surface area contributed by atoms with Crippen molar-refractivity contribution >= 4 is 61.3 Å². The summed E-state index contributed by atoms with van der Waals surface area (Å²) in [5, 5.41) is 4.69. The van der Waals surface area contributed by atoms with Crippen LogP contribution in [0.15, 0.2) is 154 Å². The minimum atomic E-state index is -0.400. The van der Waals surface area contributed by atoms with Crippen molar-refractivity contribution < 1.29 is 9.21 Å². The topological polar surface area (TPSA) is 35.1 Å². The normalized spacial score (nSPS) is 15.4. The Kier molecular flexibility index (Phi) is 6.16. The predicted octanol–water partition coefficient (Wildman–Crippen LogP) is 13.0. The van der Waals surface area contributed by atoms with Crippen LogP contribution in [0.5, 0.6) is 0 Å². The molecule has 0 bridgehead atoms. The Hall–Kier alpha value is -5.84. The summed E-state index contributed by atoms with van der Waals surface area (Å²) >= 11 is 1.86. The molecule has 53 heavy (non-hydrogen) atoms. The van der Waals surface area contributed by atoms with Crippen LogP contribution >= 0.6 is 11.8 Å². The van der Waals surface area contributed by atoms with E-state index < -0.39 is 5.41 Å². The molecule has 9 aromatic rings. The fourth-order valence-corrected chi connectivity index (χ4v) is 11.0. The summed E-state index contributed by atoms with van der Waals surface area (Å²) in [5.74, 6) is 0.0791. The fourth-order valence-electron chi connectivity index (χ4n) is 9.41. The van der Waals surface area contributed by atoms with Crippen molar-refractivity contribution in [3.05, 3.63) is 173 Å². The van der Waals surface area contributed by atoms with Crippen LogP contribution in [0.25, 0.3) is 60.6 Å². The molecule has 0 radical (unpaired) electrons. The average molecular weight is 702 g/mol. The maximum absolute atomic E-state index is 14.4. The van der Waals surface area contributed by atoms with E-state index in [9.17, 15) is 4.79 Å². The van der Waals surface area contributed by atoms with Gasteiger partial charge in [0.05, 0.1) is 16.4 Å². The second kappa shape index (κ2) is 10.6. The van der Waals surface area contributed by atoms with Crippen LogP contribution in [0.4, 0.5) is 0 Å². The van der Waals surface area contributed by atoms with Crippen molar-refractivity contribution in [1.82, 2.24) is 4.57 Å². The molecular weight excluding hydrogens is 667 g/mol. The van der Waals surface area contributed by atoms with Gasteiger partial charge in [0.1, 0.15) is 11.2 Å². The third-order valence-corrected chi connectivity index (χ3v) is 13.2. The summed E-state index contributed by atoms with van der Waals surface area (Å²) in [6.45, 7) is 9.18. The minimum Gasteiger partial charge on any atom is -0.456 e. The number of para-hydroxylation sites is 2. The number of fused-ring (bicyclic) bond motifs is 13. The highest BCUT2D eigenvalue weighted by Crippen LogP contribution is 2.57. The Morgan fingerprint density at radius 1 is 0.585 bits per heavy atom. The first kappa shape index (κ1) is 30.8. The van der Waals surface area contributed by atoms with Crippen molar-refractivity contribution in [2.75, 3.05) is 0 Å². The van der Waals surface area contributed by atoms with E-state index in [0.717, 1.165) is 72.0 Å². The third-order valence-electron chi connectivity index (χ3n) is 12.0. The molecule has 0 spiro atoms. The molecule has 7 aromatic carbocycles. The van der Waals surface area contributed by atoms with E-state index in [-0.39, 0.29) is 11.2 Å². The molecule has 1 aliphatic heterocycles. The van der Waals surface area contributed by atoms with Gasteiger partial charge in [-0.1, -0.05) is 137 Å². The van der Waals surface area contributed by atoms with E-state index >= 15 is 0 Å². The largest absolute Gasteiger partial charge is 0.456 e. The number of rotatable bonds is 2. The molecule has 0 unspecified atom stereocenters. The quantitative estimate of drug-likeness (QED) is 0.180. The van der Waals surface area contributed by atoms with Crippen LogP contribution in [0.1, 0.15) is 65.9 Å². The van der Waals surface area contributed by atoms with Gasteiger partial charge in [-0.05, 0) is 70.3 Å². The molecule has 11 rings (SSSR count). The third kappa shape index (κ3) is 4.05. The lowest BCUT2D eigenvalue weighted by atomic mass is 9.68. The van der Waals surface area contributed by atoms with Gasteiger partial charge >= 0.3 is 0 Å². The van der Waals surface area contributed by atoms with Gasteiger partial charge in [-0.3, -0.25) is 4.79 Å². The van der Waals surface area contributed by atoms with E-state index in [0.29, 0.717) is 0 Å². The monoisotopic (exact) mass is 701 g/mol. The maximum Gasteiger partial charge on any atom is 0.193 e. The van der Waals surface area contributed by atoms with Crippen molar-refractivity contribution in [3.8, 4) is 16.8 Å². The second-order valence-electron chi connectivity index (χ2n) is 15.6. The Bertz CT molecular complexity index is 3050. The van der Waals surface area contributed by atoms with Crippen molar-refractivity contribution in [2.24, 2.45) is 0 Å². The van der Waals surface area contributed by atoms with E-state index in [1.807, 2.05) is 30.0 Å². The Morgan fingerprint density at radius 2 is 1.32 bits per heavy atom. The van der Waals surface area contributed by atoms with E-state index in [2.05, 4.69) is 154 Å². The van der Waals surface area contributed by atoms with Crippen LogP contribution in [0.2, 0.25) is 0 Å². The van der Waals surface area contributed by atoms with Crippen molar-refractivity contribution in [3.63, 3.8) is 0 Å². The zero-order valence-electron chi connectivity index (χ0n) is 30.0. The van der Waals surface area contributed by atoms with Crippen LogP contribution < -0.4 is 0 Å². The number of carbonyl (C=O) groups excluding carboxylic acids is 1. The van der Waals surface area contributed by atoms with Gasteiger partial charge in [-0.2, -0.15) is 0 Å². The zero-order chi connectivity index (χ0) is 35.8. The molecule has 0 amide bonds. The smallest absolute Gasteiger partial charge is 0.193 e. The standard InChI is InChI=1S/C49H35NO2S/c1-48(2)35-25-22-29(28-14-6-5-7-15-28)26-34(35)45(51)31-24-23-30(27-37(31)48)50-38-19-11-8-16-32(38)42-44(50)41-33-17-9-12-20-39(33)52-46(41)43-47(42)53-40-21-13-10-18-36(40)49(43,3)4/h5-27H,1-4H3. The molecular formula is C49H35NO2S. The fraction of sp³-hybridized carbons (Fsp3) is 0.122. The van der Waals surface area contributed by atoms with E-state index in [4.69, 9.17) is 4.42 Å². The molecule has 3 heterocycles. The molecule has 0 atom stereocenters. The van der Waals surface area contributed by atoms with Crippen molar-refractivity contribution in [2.45, 2.75) is 48.3 Å². The number of nitrogens with zero attached hydrogens (tertiary/aromatic N) is 1. The highest BCUT2D eigenvalue weighted by molar-refractivity contribution is 7.99. The Balaban J connectivity index is 1.22. The number of carbonyl (C=O) groups is 1. The van der Waals surface area contributed by atoms with E-state index in [1.165, 1.54) is 31.7 Å². The molecule has 0 saturated carbocycles. The van der Waals surface area contributed by atoms with Gasteiger partial charge < -0.3 is 8.98 Å². The molecule has 4 heteroatoms. The zero-order valence-corrected chi connectivity index (χ0v) is 30.8.